The minimum atomic E-state index is -0.806. The van der Waals surface area contributed by atoms with Gasteiger partial charge in [-0.05, 0) is 31.1 Å². The molecule has 4 nitrogen and oxygen atoms in total. The molecule has 1 saturated carbocycles. The van der Waals surface area contributed by atoms with Crippen molar-refractivity contribution in [1.82, 2.24) is 4.90 Å². The van der Waals surface area contributed by atoms with Crippen molar-refractivity contribution in [2.24, 2.45) is 23.7 Å². The van der Waals surface area contributed by atoms with E-state index in [9.17, 15) is 14.7 Å². The molecule has 0 spiro atoms. The lowest BCUT2D eigenvalue weighted by atomic mass is 9.82. The Bertz CT molecular complexity index is 384. The van der Waals surface area contributed by atoms with E-state index < -0.39 is 11.9 Å². The number of likely N-dealkylation sites (tertiary alicyclic amines) is 1. The minimum Gasteiger partial charge on any atom is -0.481 e. The van der Waals surface area contributed by atoms with Gasteiger partial charge in [0.05, 0.1) is 11.8 Å². The number of carbonyl (C=O) groups excluding carboxylic acids is 1. The summed E-state index contributed by atoms with van der Waals surface area (Å²) >= 11 is 0. The Morgan fingerprint density at radius 2 is 1.65 bits per heavy atom. The number of carboxylic acid groups (broad SMARTS) is 1. The molecule has 1 amide bonds. The smallest absolute Gasteiger partial charge is 0.307 e. The molecule has 92 valence electrons. The maximum atomic E-state index is 12.4. The van der Waals surface area contributed by atoms with Crippen molar-refractivity contribution < 1.29 is 14.7 Å². The number of allylic oxidation sites excluding steroid dienone is 2. The first-order valence-corrected chi connectivity index (χ1v) is 6.38. The number of nitrogens with zero attached hydrogens (tertiary/aromatic N) is 1. The average molecular weight is 235 g/mol. The van der Waals surface area contributed by atoms with Crippen LogP contribution >= 0.6 is 0 Å². The molecule has 2 fully saturated rings. The van der Waals surface area contributed by atoms with Gasteiger partial charge in [-0.25, -0.2) is 0 Å². The molecule has 1 heterocycles. The van der Waals surface area contributed by atoms with Crippen LogP contribution < -0.4 is 0 Å². The van der Waals surface area contributed by atoms with E-state index in [0.717, 1.165) is 32.4 Å². The van der Waals surface area contributed by atoms with Crippen molar-refractivity contribution in [2.75, 3.05) is 13.1 Å². The predicted molar refractivity (Wildman–Crippen MR) is 61.2 cm³/mol. The zero-order valence-corrected chi connectivity index (χ0v) is 9.71. The third kappa shape index (κ3) is 1.58. The number of fused-ring (bicyclic) bond motifs is 2. The van der Waals surface area contributed by atoms with Gasteiger partial charge in [-0.3, -0.25) is 9.59 Å². The Morgan fingerprint density at radius 1 is 1.06 bits per heavy atom. The first-order chi connectivity index (χ1) is 8.18. The second-order valence-electron chi connectivity index (χ2n) is 5.37. The van der Waals surface area contributed by atoms with Crippen LogP contribution in [0.5, 0.6) is 0 Å². The first-order valence-electron chi connectivity index (χ1n) is 6.38. The molecule has 4 heteroatoms. The van der Waals surface area contributed by atoms with E-state index in [4.69, 9.17) is 0 Å². The lowest BCUT2D eigenvalue weighted by molar-refractivity contribution is -0.150. The van der Waals surface area contributed by atoms with E-state index in [-0.39, 0.29) is 23.7 Å². The Morgan fingerprint density at radius 3 is 2.24 bits per heavy atom. The van der Waals surface area contributed by atoms with E-state index in [2.05, 4.69) is 0 Å². The summed E-state index contributed by atoms with van der Waals surface area (Å²) in [5.74, 6) is -1.28. The third-order valence-corrected chi connectivity index (χ3v) is 4.45. The van der Waals surface area contributed by atoms with Crippen LogP contribution in [0.4, 0.5) is 0 Å². The van der Waals surface area contributed by atoms with Crippen LogP contribution in [0.15, 0.2) is 12.2 Å². The van der Waals surface area contributed by atoms with Gasteiger partial charge in [0.1, 0.15) is 0 Å². The zero-order chi connectivity index (χ0) is 12.0. The van der Waals surface area contributed by atoms with Gasteiger partial charge in [-0.2, -0.15) is 0 Å². The summed E-state index contributed by atoms with van der Waals surface area (Å²) in [5, 5.41) is 9.29. The summed E-state index contributed by atoms with van der Waals surface area (Å²) < 4.78 is 0. The van der Waals surface area contributed by atoms with Crippen molar-refractivity contribution in [3.05, 3.63) is 12.2 Å². The molecule has 0 unspecified atom stereocenters. The van der Waals surface area contributed by atoms with Gasteiger partial charge in [0.15, 0.2) is 0 Å². The summed E-state index contributed by atoms with van der Waals surface area (Å²) in [5.41, 5.74) is 0. The molecule has 1 aliphatic heterocycles. The Balaban J connectivity index is 1.83. The summed E-state index contributed by atoms with van der Waals surface area (Å²) in [4.78, 5) is 25.6. The SMILES string of the molecule is O=C(O)[C@@H]1[C@H](C(=O)N2CCCC2)[C@H]2C=C[C@H]1C2. The molecule has 2 aliphatic carbocycles. The number of carboxylic acids is 1. The Kier molecular flexibility index (Phi) is 2.45. The number of hydrogen-bond acceptors (Lipinski definition) is 2. The summed E-state index contributed by atoms with van der Waals surface area (Å²) in [6.07, 6.45) is 6.99. The molecule has 2 bridgehead atoms. The molecule has 4 atom stereocenters. The Labute approximate surface area is 100 Å². The van der Waals surface area contributed by atoms with Gasteiger partial charge in [-0.15, -0.1) is 0 Å². The monoisotopic (exact) mass is 235 g/mol. The van der Waals surface area contributed by atoms with Crippen molar-refractivity contribution in [3.8, 4) is 0 Å². The molecule has 1 saturated heterocycles. The standard InChI is InChI=1S/C13H17NO3/c15-12(14-5-1-2-6-14)10-8-3-4-9(7-8)11(10)13(16)17/h3-4,8-11H,1-2,5-7H2,(H,16,17)/t8-,9-,10+,11-/m0/s1. The van der Waals surface area contributed by atoms with Crippen molar-refractivity contribution in [3.63, 3.8) is 0 Å². The van der Waals surface area contributed by atoms with Crippen molar-refractivity contribution >= 4 is 11.9 Å². The van der Waals surface area contributed by atoms with Gasteiger partial charge in [0.25, 0.3) is 0 Å². The summed E-state index contributed by atoms with van der Waals surface area (Å²) in [7, 11) is 0. The highest BCUT2D eigenvalue weighted by atomic mass is 16.4. The molecular formula is C13H17NO3. The lowest BCUT2D eigenvalue weighted by Gasteiger charge is -2.28. The maximum absolute atomic E-state index is 12.4. The van der Waals surface area contributed by atoms with E-state index in [1.165, 1.54) is 0 Å². The quantitative estimate of drug-likeness (QED) is 0.730. The molecule has 0 aromatic heterocycles. The second kappa shape index (κ2) is 3.86. The number of amides is 1. The van der Waals surface area contributed by atoms with E-state index in [1.807, 2.05) is 17.1 Å². The molecule has 17 heavy (non-hydrogen) atoms. The van der Waals surface area contributed by atoms with Crippen LogP contribution in [-0.4, -0.2) is 35.0 Å². The van der Waals surface area contributed by atoms with Gasteiger partial charge in [-0.1, -0.05) is 12.2 Å². The predicted octanol–water partition coefficient (Wildman–Crippen LogP) is 1.13. The highest BCUT2D eigenvalue weighted by Gasteiger charge is 2.52. The highest BCUT2D eigenvalue weighted by molar-refractivity contribution is 5.87. The second-order valence-corrected chi connectivity index (χ2v) is 5.37. The number of carbonyl (C=O) groups is 2. The van der Waals surface area contributed by atoms with Gasteiger partial charge >= 0.3 is 5.97 Å². The molecule has 0 aromatic carbocycles. The van der Waals surface area contributed by atoms with Crippen molar-refractivity contribution in [2.45, 2.75) is 19.3 Å². The van der Waals surface area contributed by atoms with Crippen LogP contribution in [0, 0.1) is 23.7 Å². The van der Waals surface area contributed by atoms with Crippen LogP contribution in [0.1, 0.15) is 19.3 Å². The average Bonchev–Trinajstić information content (AvgIpc) is 3.02. The fourth-order valence-corrected chi connectivity index (χ4v) is 3.64. The lowest BCUT2D eigenvalue weighted by Crippen LogP contribution is -2.41. The first kappa shape index (κ1) is 10.8. The van der Waals surface area contributed by atoms with E-state index in [1.54, 1.807) is 0 Å². The summed E-state index contributed by atoms with van der Waals surface area (Å²) in [6.45, 7) is 1.62. The largest absolute Gasteiger partial charge is 0.481 e. The van der Waals surface area contributed by atoms with Crippen LogP contribution in [-0.2, 0) is 9.59 Å². The molecule has 1 N–H and O–H groups in total. The van der Waals surface area contributed by atoms with Gasteiger partial charge in [0, 0.05) is 13.1 Å². The molecule has 3 rings (SSSR count). The number of rotatable bonds is 2. The normalized spacial score (nSPS) is 38.9. The number of aliphatic carboxylic acids is 1. The minimum absolute atomic E-state index is 0.0757. The van der Waals surface area contributed by atoms with Crippen LogP contribution in [0.2, 0.25) is 0 Å². The Hall–Kier alpha value is -1.32. The topological polar surface area (TPSA) is 57.6 Å². The maximum Gasteiger partial charge on any atom is 0.307 e. The zero-order valence-electron chi connectivity index (χ0n) is 9.71. The van der Waals surface area contributed by atoms with Gasteiger partial charge in [0.2, 0.25) is 5.91 Å². The molecular weight excluding hydrogens is 218 g/mol. The van der Waals surface area contributed by atoms with Gasteiger partial charge < -0.3 is 10.0 Å². The van der Waals surface area contributed by atoms with Crippen molar-refractivity contribution in [1.29, 1.82) is 0 Å². The van der Waals surface area contributed by atoms with E-state index >= 15 is 0 Å². The fourth-order valence-electron chi connectivity index (χ4n) is 3.64. The van der Waals surface area contributed by atoms with E-state index in [0.29, 0.717) is 0 Å². The fraction of sp³-hybridized carbons (Fsp3) is 0.692. The summed E-state index contributed by atoms with van der Waals surface area (Å²) in [6, 6.07) is 0. The number of hydrogen-bond donors (Lipinski definition) is 1. The molecule has 0 aromatic rings. The molecule has 3 aliphatic rings. The molecule has 0 radical (unpaired) electrons. The van der Waals surface area contributed by atoms with Crippen LogP contribution in [0.3, 0.4) is 0 Å². The van der Waals surface area contributed by atoms with Crippen LogP contribution in [0.25, 0.3) is 0 Å². The highest BCUT2D eigenvalue weighted by Crippen LogP contribution is 2.48. The third-order valence-electron chi connectivity index (χ3n) is 4.45.